The van der Waals surface area contributed by atoms with Crippen molar-refractivity contribution in [3.8, 4) is 0 Å². The molecule has 0 aromatic heterocycles. The maximum absolute atomic E-state index is 10.9. The smallest absolute Gasteiger partial charge is 0.342 e. The minimum Gasteiger partial charge on any atom is -0.388 e. The first-order valence-corrected chi connectivity index (χ1v) is 4.08. The van der Waals surface area contributed by atoms with Gasteiger partial charge in [-0.15, -0.1) is 0 Å². The molecule has 1 atom stereocenters. The van der Waals surface area contributed by atoms with Gasteiger partial charge in [0.1, 0.15) is 0 Å². The third kappa shape index (κ3) is 4.42. The lowest BCUT2D eigenvalue weighted by Gasteiger charge is -2.07. The molecule has 0 radical (unpaired) electrons. The molecule has 1 N–H and O–H groups in total. The highest BCUT2D eigenvalue weighted by molar-refractivity contribution is 5.96. The predicted molar refractivity (Wildman–Crippen MR) is 46.8 cm³/mol. The van der Waals surface area contributed by atoms with Gasteiger partial charge in [0.25, 0.3) is 0 Å². The second-order valence-electron chi connectivity index (χ2n) is 2.79. The van der Waals surface area contributed by atoms with E-state index >= 15 is 0 Å². The van der Waals surface area contributed by atoms with Crippen molar-refractivity contribution >= 4 is 11.9 Å². The molecule has 0 aliphatic heterocycles. The Bertz CT molecular complexity index is 220. The topological polar surface area (TPSA) is 63.6 Å². The Labute approximate surface area is 77.2 Å². The number of aliphatic hydroxyl groups excluding tert-OH is 1. The molecule has 0 saturated carbocycles. The van der Waals surface area contributed by atoms with E-state index in [4.69, 9.17) is 5.11 Å². The van der Waals surface area contributed by atoms with Crippen LogP contribution in [0.3, 0.4) is 0 Å². The summed E-state index contributed by atoms with van der Waals surface area (Å²) in [4.78, 5) is 21.7. The molecule has 0 saturated heterocycles. The molecule has 0 fully saturated rings. The van der Waals surface area contributed by atoms with Gasteiger partial charge < -0.3 is 9.84 Å². The molecular weight excluding hydrogens is 172 g/mol. The standard InChI is InChI=1S/C9H14O4/c1-4-5-7(10)9(12)13-8(11)6(2)3/h7,10H,2,4-5H2,1,3H3. The molecule has 74 valence electrons. The van der Waals surface area contributed by atoms with E-state index in [-0.39, 0.29) is 5.57 Å². The quantitative estimate of drug-likeness (QED) is 0.400. The average Bonchev–Trinajstić information content (AvgIpc) is 2.04. The summed E-state index contributed by atoms with van der Waals surface area (Å²) in [5.74, 6) is -1.70. The van der Waals surface area contributed by atoms with E-state index in [1.54, 1.807) is 0 Å². The second-order valence-corrected chi connectivity index (χ2v) is 2.79. The van der Waals surface area contributed by atoms with Gasteiger partial charge in [-0.05, 0) is 13.3 Å². The number of esters is 2. The van der Waals surface area contributed by atoms with Crippen LogP contribution in [0.5, 0.6) is 0 Å². The minimum absolute atomic E-state index is 0.136. The van der Waals surface area contributed by atoms with Crippen LogP contribution in [0.15, 0.2) is 12.2 Å². The Balaban J connectivity index is 4.00. The maximum atomic E-state index is 10.9. The lowest BCUT2D eigenvalue weighted by Crippen LogP contribution is -2.25. The van der Waals surface area contributed by atoms with Crippen LogP contribution in [0.2, 0.25) is 0 Å². The van der Waals surface area contributed by atoms with Crippen LogP contribution in [0, 0.1) is 0 Å². The van der Waals surface area contributed by atoms with Crippen LogP contribution < -0.4 is 0 Å². The molecule has 0 aromatic rings. The van der Waals surface area contributed by atoms with E-state index in [0.29, 0.717) is 12.8 Å². The molecule has 0 spiro atoms. The van der Waals surface area contributed by atoms with Gasteiger partial charge in [0.05, 0.1) is 0 Å². The molecule has 1 unspecified atom stereocenters. The molecule has 0 rings (SSSR count). The maximum Gasteiger partial charge on any atom is 0.342 e. The highest BCUT2D eigenvalue weighted by Crippen LogP contribution is 2.01. The molecule has 0 aliphatic rings. The summed E-state index contributed by atoms with van der Waals surface area (Å²) >= 11 is 0. The van der Waals surface area contributed by atoms with Crippen molar-refractivity contribution in [3.05, 3.63) is 12.2 Å². The summed E-state index contributed by atoms with van der Waals surface area (Å²) < 4.78 is 4.30. The highest BCUT2D eigenvalue weighted by atomic mass is 16.6. The zero-order valence-corrected chi connectivity index (χ0v) is 7.87. The third-order valence-corrected chi connectivity index (χ3v) is 1.38. The summed E-state index contributed by atoms with van der Waals surface area (Å²) in [7, 11) is 0. The minimum atomic E-state index is -1.21. The molecule has 0 aromatic carbocycles. The van der Waals surface area contributed by atoms with Gasteiger partial charge in [-0.1, -0.05) is 19.9 Å². The zero-order valence-electron chi connectivity index (χ0n) is 7.87. The molecule has 0 bridgehead atoms. The second kappa shape index (κ2) is 5.48. The number of aliphatic hydroxyl groups is 1. The normalized spacial score (nSPS) is 11.9. The Morgan fingerprint density at radius 1 is 1.54 bits per heavy atom. The Morgan fingerprint density at radius 2 is 2.08 bits per heavy atom. The monoisotopic (exact) mass is 186 g/mol. The number of ether oxygens (including phenoxy) is 1. The van der Waals surface area contributed by atoms with Crippen LogP contribution >= 0.6 is 0 Å². The van der Waals surface area contributed by atoms with Crippen molar-refractivity contribution in [2.75, 3.05) is 0 Å². The highest BCUT2D eigenvalue weighted by Gasteiger charge is 2.19. The van der Waals surface area contributed by atoms with Crippen molar-refractivity contribution < 1.29 is 19.4 Å². The molecule has 0 heterocycles. The predicted octanol–water partition coefficient (Wildman–Crippen LogP) is 0.793. The number of hydrogen-bond donors (Lipinski definition) is 1. The molecule has 4 heteroatoms. The fourth-order valence-corrected chi connectivity index (χ4v) is 0.638. The number of carbonyl (C=O) groups excluding carboxylic acids is 2. The summed E-state index contributed by atoms with van der Waals surface area (Å²) in [5, 5.41) is 9.09. The average molecular weight is 186 g/mol. The van der Waals surface area contributed by atoms with Gasteiger partial charge in [0.15, 0.2) is 6.10 Å². The van der Waals surface area contributed by atoms with Crippen molar-refractivity contribution in [2.24, 2.45) is 0 Å². The Kier molecular flexibility index (Phi) is 4.99. The van der Waals surface area contributed by atoms with Crippen LogP contribution in [-0.2, 0) is 14.3 Å². The van der Waals surface area contributed by atoms with Crippen molar-refractivity contribution in [1.29, 1.82) is 0 Å². The van der Waals surface area contributed by atoms with Crippen LogP contribution in [0.25, 0.3) is 0 Å². The van der Waals surface area contributed by atoms with E-state index in [1.165, 1.54) is 6.92 Å². The van der Waals surface area contributed by atoms with Crippen LogP contribution in [0.4, 0.5) is 0 Å². The first kappa shape index (κ1) is 11.8. The van der Waals surface area contributed by atoms with Gasteiger partial charge in [0.2, 0.25) is 0 Å². The summed E-state index contributed by atoms with van der Waals surface area (Å²) in [5.41, 5.74) is 0.136. The first-order valence-electron chi connectivity index (χ1n) is 4.08. The lowest BCUT2D eigenvalue weighted by atomic mass is 10.2. The zero-order chi connectivity index (χ0) is 10.4. The molecule has 13 heavy (non-hydrogen) atoms. The van der Waals surface area contributed by atoms with E-state index in [0.717, 1.165) is 0 Å². The van der Waals surface area contributed by atoms with E-state index in [1.807, 2.05) is 6.92 Å². The van der Waals surface area contributed by atoms with Crippen molar-refractivity contribution in [1.82, 2.24) is 0 Å². The van der Waals surface area contributed by atoms with Gasteiger partial charge in [0, 0.05) is 5.57 Å². The first-order chi connectivity index (χ1) is 5.99. The summed E-state index contributed by atoms with van der Waals surface area (Å²) in [6, 6.07) is 0. The van der Waals surface area contributed by atoms with Gasteiger partial charge >= 0.3 is 11.9 Å². The molecular formula is C9H14O4. The number of carbonyl (C=O) groups is 2. The number of hydrogen-bond acceptors (Lipinski definition) is 4. The fraction of sp³-hybridized carbons (Fsp3) is 0.556. The Morgan fingerprint density at radius 3 is 2.46 bits per heavy atom. The van der Waals surface area contributed by atoms with Crippen molar-refractivity contribution in [2.45, 2.75) is 32.8 Å². The van der Waals surface area contributed by atoms with E-state index in [9.17, 15) is 9.59 Å². The summed E-state index contributed by atoms with van der Waals surface area (Å²) in [6.45, 7) is 6.55. The summed E-state index contributed by atoms with van der Waals surface area (Å²) in [6.07, 6.45) is -0.270. The SMILES string of the molecule is C=C(C)C(=O)OC(=O)C(O)CCC. The number of rotatable bonds is 4. The van der Waals surface area contributed by atoms with Gasteiger partial charge in [-0.25, -0.2) is 9.59 Å². The third-order valence-electron chi connectivity index (χ3n) is 1.38. The van der Waals surface area contributed by atoms with Crippen LogP contribution in [-0.4, -0.2) is 23.1 Å². The van der Waals surface area contributed by atoms with Gasteiger partial charge in [-0.3, -0.25) is 0 Å². The molecule has 0 amide bonds. The molecule has 4 nitrogen and oxygen atoms in total. The lowest BCUT2D eigenvalue weighted by molar-refractivity contribution is -0.163. The van der Waals surface area contributed by atoms with Crippen LogP contribution in [0.1, 0.15) is 26.7 Å². The Hall–Kier alpha value is -1.16. The van der Waals surface area contributed by atoms with Gasteiger partial charge in [-0.2, -0.15) is 0 Å². The molecule has 0 aliphatic carbocycles. The fourth-order valence-electron chi connectivity index (χ4n) is 0.638. The van der Waals surface area contributed by atoms with E-state index < -0.39 is 18.0 Å². The van der Waals surface area contributed by atoms with Crippen molar-refractivity contribution in [3.63, 3.8) is 0 Å². The van der Waals surface area contributed by atoms with E-state index in [2.05, 4.69) is 11.3 Å². The largest absolute Gasteiger partial charge is 0.388 e.